The van der Waals surface area contributed by atoms with Gasteiger partial charge in [-0.15, -0.1) is 24.9 Å². The number of anilines is 1. The monoisotopic (exact) mass is 567 g/mol. The first kappa shape index (κ1) is 30.4. The predicted molar refractivity (Wildman–Crippen MR) is 162 cm³/mol. The Labute approximate surface area is 243 Å². The molecule has 1 N–H and O–H groups in total. The van der Waals surface area contributed by atoms with Crippen LogP contribution in [0.25, 0.3) is 0 Å². The first-order chi connectivity index (χ1) is 19.1. The van der Waals surface area contributed by atoms with Gasteiger partial charge in [0.15, 0.2) is 0 Å². The Morgan fingerprint density at radius 1 is 1.15 bits per heavy atom. The third-order valence-electron chi connectivity index (χ3n) is 8.97. The Balaban J connectivity index is 1.81. The molecule has 3 fully saturated rings. The molecule has 8 heteroatoms. The first-order valence-corrected chi connectivity index (χ1v) is 15.4. The Hall–Kier alpha value is -2.58. The second-order valence-corrected chi connectivity index (χ2v) is 13.7. The fraction of sp³-hybridized carbons (Fsp3) is 0.594. The number of hydrogen-bond donors (Lipinski definition) is 1. The van der Waals surface area contributed by atoms with Crippen molar-refractivity contribution in [3.8, 4) is 0 Å². The van der Waals surface area contributed by atoms with Gasteiger partial charge in [-0.2, -0.15) is 0 Å². The smallest absolute Gasteiger partial charge is 0.251 e. The highest BCUT2D eigenvalue weighted by molar-refractivity contribution is 8.02. The maximum absolute atomic E-state index is 14.7. The van der Waals surface area contributed by atoms with Gasteiger partial charge in [-0.1, -0.05) is 31.2 Å². The molecule has 3 aliphatic rings. The predicted octanol–water partition coefficient (Wildman–Crippen LogP) is 4.50. The van der Waals surface area contributed by atoms with Crippen molar-refractivity contribution in [2.45, 2.75) is 75.3 Å². The summed E-state index contributed by atoms with van der Waals surface area (Å²) in [4.78, 5) is 48.6. The fourth-order valence-corrected chi connectivity index (χ4v) is 9.57. The molecule has 40 heavy (non-hydrogen) atoms. The molecule has 1 aromatic carbocycles. The van der Waals surface area contributed by atoms with Gasteiger partial charge in [0, 0.05) is 43.2 Å². The maximum Gasteiger partial charge on any atom is 0.251 e. The van der Waals surface area contributed by atoms with Gasteiger partial charge < -0.3 is 19.8 Å². The zero-order valence-corrected chi connectivity index (χ0v) is 25.3. The van der Waals surface area contributed by atoms with Gasteiger partial charge in [0.2, 0.25) is 11.8 Å². The second-order valence-electron chi connectivity index (χ2n) is 11.8. The third-order valence-corrected chi connectivity index (χ3v) is 11.0. The maximum atomic E-state index is 14.7. The summed E-state index contributed by atoms with van der Waals surface area (Å²) in [6.45, 7) is 17.7. The normalized spacial score (nSPS) is 28.5. The Bertz CT molecular complexity index is 1170. The summed E-state index contributed by atoms with van der Waals surface area (Å²) in [6.07, 6.45) is 6.93. The first-order valence-electron chi connectivity index (χ1n) is 14.6. The Kier molecular flexibility index (Phi) is 9.20. The molecular formula is C32H45N3O4S. The van der Waals surface area contributed by atoms with Gasteiger partial charge in [0.05, 0.1) is 16.6 Å². The topological polar surface area (TPSA) is 81.2 Å². The number of aliphatic hydroxyl groups is 1. The van der Waals surface area contributed by atoms with E-state index in [2.05, 4.69) is 20.1 Å². The van der Waals surface area contributed by atoms with Crippen molar-refractivity contribution in [1.82, 2.24) is 9.80 Å². The Morgan fingerprint density at radius 3 is 2.52 bits per heavy atom. The summed E-state index contributed by atoms with van der Waals surface area (Å²) in [5.41, 5.74) is 2.85. The third kappa shape index (κ3) is 5.02. The lowest BCUT2D eigenvalue weighted by Gasteiger charge is -2.38. The molecular weight excluding hydrogens is 522 g/mol. The number of fused-ring (bicyclic) bond motifs is 1. The summed E-state index contributed by atoms with van der Waals surface area (Å²) < 4.78 is -1.09. The van der Waals surface area contributed by atoms with E-state index in [-0.39, 0.29) is 24.3 Å². The molecule has 7 nitrogen and oxygen atoms in total. The van der Waals surface area contributed by atoms with Crippen LogP contribution in [-0.2, 0) is 14.4 Å². The summed E-state index contributed by atoms with van der Waals surface area (Å²) in [7, 11) is 0. The van der Waals surface area contributed by atoms with Gasteiger partial charge in [0.1, 0.15) is 6.04 Å². The van der Waals surface area contributed by atoms with Gasteiger partial charge in [-0.25, -0.2) is 0 Å². The number of aryl methyl sites for hydroxylation is 2. The van der Waals surface area contributed by atoms with Crippen LogP contribution < -0.4 is 4.90 Å². The molecule has 1 spiro atoms. The molecule has 0 saturated carbocycles. The molecule has 2 bridgehead atoms. The lowest BCUT2D eigenvalue weighted by atomic mass is 9.66. The standard InChI is InChI=1S/C32H45N3O4S/c1-7-16-33(17-8-2)28(37)25-26-29(38)35(19-10-11-20-36)27(32(26)15-14-31(25,6)40-32)30(39)34(18-9-3)24-21-22(4)12-13-23(24)5/h7,9,12-13,21,25-27,36H,1,3,8,10-11,14-20H2,2,4-6H3/t25-,26+,27?,31+,32?/m1/s1. The fourth-order valence-electron chi connectivity index (χ4n) is 7.22. The van der Waals surface area contributed by atoms with E-state index in [1.165, 1.54) is 0 Å². The lowest BCUT2D eigenvalue weighted by Crippen LogP contribution is -2.55. The van der Waals surface area contributed by atoms with Crippen molar-refractivity contribution in [3.63, 3.8) is 0 Å². The summed E-state index contributed by atoms with van der Waals surface area (Å²) >= 11 is 1.70. The van der Waals surface area contributed by atoms with E-state index in [1.54, 1.807) is 33.7 Å². The van der Waals surface area contributed by atoms with E-state index >= 15 is 0 Å². The average molecular weight is 568 g/mol. The van der Waals surface area contributed by atoms with Crippen LogP contribution in [0.5, 0.6) is 0 Å². The molecule has 1 aromatic rings. The number of carbonyl (C=O) groups excluding carboxylic acids is 3. The number of aliphatic hydroxyl groups excluding tert-OH is 1. The number of hydrogen-bond acceptors (Lipinski definition) is 5. The van der Waals surface area contributed by atoms with Crippen LogP contribution in [0.15, 0.2) is 43.5 Å². The molecule has 3 aliphatic heterocycles. The highest BCUT2D eigenvalue weighted by Crippen LogP contribution is 2.71. The largest absolute Gasteiger partial charge is 0.396 e. The number of nitrogens with zero attached hydrogens (tertiary/aromatic N) is 3. The van der Waals surface area contributed by atoms with Crippen LogP contribution in [0.4, 0.5) is 5.69 Å². The number of amides is 3. The van der Waals surface area contributed by atoms with Gasteiger partial charge in [-0.05, 0) is 70.1 Å². The molecule has 0 aromatic heterocycles. The number of thioether (sulfide) groups is 1. The van der Waals surface area contributed by atoms with E-state index in [4.69, 9.17) is 0 Å². The zero-order chi connectivity index (χ0) is 29.2. The molecule has 0 aliphatic carbocycles. The van der Waals surface area contributed by atoms with Gasteiger partial charge in [-0.3, -0.25) is 14.4 Å². The molecule has 0 radical (unpaired) electrons. The lowest BCUT2D eigenvalue weighted by molar-refractivity contribution is -0.145. The van der Waals surface area contributed by atoms with Gasteiger partial charge >= 0.3 is 0 Å². The van der Waals surface area contributed by atoms with E-state index in [9.17, 15) is 19.5 Å². The van der Waals surface area contributed by atoms with Crippen LogP contribution in [0.2, 0.25) is 0 Å². The van der Waals surface area contributed by atoms with E-state index in [1.807, 2.05) is 43.9 Å². The van der Waals surface area contributed by atoms with Crippen LogP contribution in [-0.4, -0.2) is 80.9 Å². The van der Waals surface area contributed by atoms with Crippen molar-refractivity contribution in [3.05, 3.63) is 54.6 Å². The van der Waals surface area contributed by atoms with Crippen molar-refractivity contribution in [2.24, 2.45) is 11.8 Å². The van der Waals surface area contributed by atoms with Crippen molar-refractivity contribution in [1.29, 1.82) is 0 Å². The van der Waals surface area contributed by atoms with Crippen LogP contribution in [0.1, 0.15) is 57.1 Å². The van der Waals surface area contributed by atoms with Crippen molar-refractivity contribution < 1.29 is 19.5 Å². The zero-order valence-electron chi connectivity index (χ0n) is 24.5. The van der Waals surface area contributed by atoms with Crippen LogP contribution in [0, 0.1) is 25.7 Å². The molecule has 2 unspecified atom stereocenters. The van der Waals surface area contributed by atoms with Crippen LogP contribution in [0.3, 0.4) is 0 Å². The van der Waals surface area contributed by atoms with E-state index in [0.717, 1.165) is 29.7 Å². The number of benzene rings is 1. The van der Waals surface area contributed by atoms with Crippen molar-refractivity contribution >= 4 is 35.2 Å². The van der Waals surface area contributed by atoms with Crippen molar-refractivity contribution in [2.75, 3.05) is 37.7 Å². The molecule has 3 amide bonds. The highest BCUT2D eigenvalue weighted by atomic mass is 32.2. The number of carbonyl (C=O) groups is 3. The molecule has 4 rings (SSSR count). The number of likely N-dealkylation sites (tertiary alicyclic amines) is 1. The molecule has 5 atom stereocenters. The van der Waals surface area contributed by atoms with Crippen LogP contribution >= 0.6 is 11.8 Å². The highest BCUT2D eigenvalue weighted by Gasteiger charge is 2.77. The second kappa shape index (κ2) is 12.1. The summed E-state index contributed by atoms with van der Waals surface area (Å²) in [5, 5.41) is 9.47. The number of unbranched alkanes of at least 4 members (excludes halogenated alkanes) is 1. The minimum absolute atomic E-state index is 0.00226. The molecule has 3 saturated heterocycles. The molecule has 3 heterocycles. The van der Waals surface area contributed by atoms with Gasteiger partial charge in [0.25, 0.3) is 5.91 Å². The SMILES string of the molecule is C=CCN(CCC)C(=O)[C@H]1[C@H]2C(=O)N(CCCCO)C(C(=O)N(CC=C)c3cc(C)ccc3C)C23CC[C@]1(C)S3. The minimum Gasteiger partial charge on any atom is -0.396 e. The minimum atomic E-state index is -0.688. The molecule has 218 valence electrons. The number of rotatable bonds is 13. The van der Waals surface area contributed by atoms with E-state index < -0.39 is 27.4 Å². The average Bonchev–Trinajstić information content (AvgIpc) is 3.49. The Morgan fingerprint density at radius 2 is 1.88 bits per heavy atom. The summed E-state index contributed by atoms with van der Waals surface area (Å²) in [5.74, 6) is -1.26. The van der Waals surface area contributed by atoms with E-state index in [0.29, 0.717) is 45.4 Å². The summed E-state index contributed by atoms with van der Waals surface area (Å²) in [6, 6.07) is 5.37. The quantitative estimate of drug-likeness (QED) is 0.280.